The largest absolute Gasteiger partial charge is 0.468 e. The summed E-state index contributed by atoms with van der Waals surface area (Å²) in [4.78, 5) is 31.5. The van der Waals surface area contributed by atoms with E-state index in [1.54, 1.807) is 12.3 Å². The van der Waals surface area contributed by atoms with Gasteiger partial charge < -0.3 is 14.5 Å². The number of aromatic amines is 2. The van der Waals surface area contributed by atoms with E-state index in [0.29, 0.717) is 23.1 Å². The SMILES string of the molecule is CN(C(=O)O)c1nc2ccc(-c3coc(Cc4n[nH]c(=O)c5ccccc45)c3)cc2[nH]1. The Morgan fingerprint density at radius 2 is 1.94 bits per heavy atom. The van der Waals surface area contributed by atoms with E-state index >= 15 is 0 Å². The lowest BCUT2D eigenvalue weighted by atomic mass is 10.1. The van der Waals surface area contributed by atoms with Crippen molar-refractivity contribution >= 4 is 33.8 Å². The smallest absolute Gasteiger partial charge is 0.413 e. The Hall–Kier alpha value is -4.40. The van der Waals surface area contributed by atoms with Gasteiger partial charge in [-0.2, -0.15) is 5.10 Å². The Balaban J connectivity index is 1.46. The van der Waals surface area contributed by atoms with Crippen molar-refractivity contribution in [2.75, 3.05) is 11.9 Å². The maximum atomic E-state index is 12.0. The fourth-order valence-corrected chi connectivity index (χ4v) is 3.52. The molecule has 9 heteroatoms. The molecule has 0 aliphatic carbocycles. The Bertz CT molecular complexity index is 1500. The van der Waals surface area contributed by atoms with Crippen LogP contribution in [0.15, 0.2) is 64.0 Å². The highest BCUT2D eigenvalue weighted by molar-refractivity contribution is 5.88. The van der Waals surface area contributed by atoms with Gasteiger partial charge in [0.25, 0.3) is 5.56 Å². The van der Waals surface area contributed by atoms with Crippen LogP contribution >= 0.6 is 0 Å². The van der Waals surface area contributed by atoms with E-state index in [-0.39, 0.29) is 11.5 Å². The van der Waals surface area contributed by atoms with Crippen LogP contribution in [0.5, 0.6) is 0 Å². The lowest BCUT2D eigenvalue weighted by molar-refractivity contribution is 0.203. The number of rotatable bonds is 4. The van der Waals surface area contributed by atoms with Crippen molar-refractivity contribution in [1.29, 1.82) is 0 Å². The average Bonchev–Trinajstić information content (AvgIpc) is 3.41. The maximum absolute atomic E-state index is 12.0. The highest BCUT2D eigenvalue weighted by Crippen LogP contribution is 2.28. The van der Waals surface area contributed by atoms with Crippen LogP contribution in [0.3, 0.4) is 0 Å². The molecule has 31 heavy (non-hydrogen) atoms. The number of carboxylic acid groups (broad SMARTS) is 1. The quantitative estimate of drug-likeness (QED) is 0.410. The molecule has 0 unspecified atom stereocenters. The zero-order valence-electron chi connectivity index (χ0n) is 16.4. The van der Waals surface area contributed by atoms with Crippen molar-refractivity contribution in [3.8, 4) is 11.1 Å². The second kappa shape index (κ2) is 7.13. The molecule has 1 amide bonds. The molecule has 3 aromatic heterocycles. The van der Waals surface area contributed by atoms with Crippen LogP contribution in [0.4, 0.5) is 10.7 Å². The summed E-state index contributed by atoms with van der Waals surface area (Å²) in [5.74, 6) is 0.958. The number of nitrogens with zero attached hydrogens (tertiary/aromatic N) is 3. The monoisotopic (exact) mass is 415 g/mol. The van der Waals surface area contributed by atoms with Crippen molar-refractivity contribution < 1.29 is 14.3 Å². The lowest BCUT2D eigenvalue weighted by Crippen LogP contribution is -2.24. The number of aromatic nitrogens is 4. The molecular formula is C22H17N5O4. The standard InChI is InChI=1S/C22H17N5O4/c1-27(22(29)30)21-23-17-7-6-12(9-19(17)24-21)13-8-14(31-11-13)10-18-15-4-2-3-5-16(15)20(28)26-25-18/h2-9,11H,10H2,1H3,(H,23,24)(H,26,28)(H,29,30). The third-order valence-corrected chi connectivity index (χ3v) is 5.18. The summed E-state index contributed by atoms with van der Waals surface area (Å²) in [7, 11) is 1.43. The molecule has 0 bridgehead atoms. The number of amides is 1. The van der Waals surface area contributed by atoms with Crippen LogP contribution in [0.1, 0.15) is 11.5 Å². The van der Waals surface area contributed by atoms with Gasteiger partial charge >= 0.3 is 6.09 Å². The van der Waals surface area contributed by atoms with Crippen LogP contribution in [0.25, 0.3) is 32.9 Å². The number of H-pyrrole nitrogens is 2. The Morgan fingerprint density at radius 1 is 1.13 bits per heavy atom. The highest BCUT2D eigenvalue weighted by Gasteiger charge is 2.15. The molecule has 0 saturated heterocycles. The van der Waals surface area contributed by atoms with E-state index in [1.165, 1.54) is 7.05 Å². The first-order valence-corrected chi connectivity index (χ1v) is 9.50. The summed E-state index contributed by atoms with van der Waals surface area (Å²) >= 11 is 0. The molecule has 3 N–H and O–H groups in total. The first kappa shape index (κ1) is 18.6. The number of hydrogen-bond acceptors (Lipinski definition) is 5. The molecule has 0 aliphatic heterocycles. The predicted molar refractivity (Wildman–Crippen MR) is 115 cm³/mol. The van der Waals surface area contributed by atoms with Gasteiger partial charge in [-0.25, -0.2) is 14.9 Å². The number of furan rings is 1. The second-order valence-electron chi connectivity index (χ2n) is 7.16. The van der Waals surface area contributed by atoms with Crippen molar-refractivity contribution in [2.45, 2.75) is 6.42 Å². The van der Waals surface area contributed by atoms with Gasteiger partial charge in [0.1, 0.15) is 5.76 Å². The number of fused-ring (bicyclic) bond motifs is 2. The summed E-state index contributed by atoms with van der Waals surface area (Å²) in [6.45, 7) is 0. The minimum Gasteiger partial charge on any atom is -0.468 e. The van der Waals surface area contributed by atoms with Gasteiger partial charge in [-0.05, 0) is 29.8 Å². The van der Waals surface area contributed by atoms with Gasteiger partial charge in [-0.3, -0.25) is 9.69 Å². The van der Waals surface area contributed by atoms with Crippen LogP contribution in [-0.4, -0.2) is 38.4 Å². The van der Waals surface area contributed by atoms with Crippen LogP contribution < -0.4 is 10.5 Å². The molecule has 0 saturated carbocycles. The molecule has 0 radical (unpaired) electrons. The Kier molecular flexibility index (Phi) is 4.28. The number of anilines is 1. The third-order valence-electron chi connectivity index (χ3n) is 5.18. The topological polar surface area (TPSA) is 128 Å². The molecule has 0 aliphatic rings. The number of nitrogens with one attached hydrogen (secondary N) is 2. The van der Waals surface area contributed by atoms with Gasteiger partial charge in [0, 0.05) is 18.0 Å². The molecule has 154 valence electrons. The number of imidazole rings is 1. The Labute approximate surface area is 175 Å². The molecule has 0 atom stereocenters. The maximum Gasteiger partial charge on any atom is 0.413 e. The van der Waals surface area contributed by atoms with Crippen molar-refractivity contribution in [2.24, 2.45) is 0 Å². The van der Waals surface area contributed by atoms with Gasteiger partial charge in [0.15, 0.2) is 0 Å². The summed E-state index contributed by atoms with van der Waals surface area (Å²) in [6, 6.07) is 14.9. The van der Waals surface area contributed by atoms with Gasteiger partial charge in [-0.15, -0.1) is 0 Å². The first-order chi connectivity index (χ1) is 15.0. The van der Waals surface area contributed by atoms with E-state index in [0.717, 1.165) is 32.6 Å². The molecular weight excluding hydrogens is 398 g/mol. The fraction of sp³-hybridized carbons (Fsp3) is 0.0909. The van der Waals surface area contributed by atoms with Gasteiger partial charge in [-0.1, -0.05) is 24.3 Å². The molecule has 0 spiro atoms. The minimum atomic E-state index is -1.10. The normalized spacial score (nSPS) is 11.3. The third kappa shape index (κ3) is 3.31. The van der Waals surface area contributed by atoms with Crippen molar-refractivity contribution in [3.63, 3.8) is 0 Å². The zero-order chi connectivity index (χ0) is 21.5. The molecule has 0 fully saturated rings. The molecule has 5 rings (SSSR count). The molecule has 5 aromatic rings. The van der Waals surface area contributed by atoms with Crippen molar-refractivity contribution in [3.05, 3.63) is 76.6 Å². The van der Waals surface area contributed by atoms with Gasteiger partial charge in [0.05, 0.1) is 34.8 Å². The Morgan fingerprint density at radius 3 is 2.74 bits per heavy atom. The molecule has 3 heterocycles. The number of carbonyl (C=O) groups is 1. The predicted octanol–water partition coefficient (Wildman–Crippen LogP) is 3.76. The summed E-state index contributed by atoms with van der Waals surface area (Å²) in [5.41, 5.74) is 3.65. The molecule has 2 aromatic carbocycles. The van der Waals surface area contributed by atoms with Crippen molar-refractivity contribution in [1.82, 2.24) is 20.2 Å². The molecule has 9 nitrogen and oxygen atoms in total. The lowest BCUT2D eigenvalue weighted by Gasteiger charge is -2.07. The van der Waals surface area contributed by atoms with E-state index in [4.69, 9.17) is 9.52 Å². The van der Waals surface area contributed by atoms with Crippen LogP contribution in [-0.2, 0) is 6.42 Å². The first-order valence-electron chi connectivity index (χ1n) is 9.50. The number of hydrogen-bond donors (Lipinski definition) is 3. The summed E-state index contributed by atoms with van der Waals surface area (Å²) < 4.78 is 5.75. The zero-order valence-corrected chi connectivity index (χ0v) is 16.4. The number of benzene rings is 2. The van der Waals surface area contributed by atoms with Crippen LogP contribution in [0.2, 0.25) is 0 Å². The van der Waals surface area contributed by atoms with Crippen LogP contribution in [0, 0.1) is 0 Å². The van der Waals surface area contributed by atoms with Gasteiger partial charge in [0.2, 0.25) is 5.95 Å². The van der Waals surface area contributed by atoms with E-state index in [1.807, 2.05) is 42.5 Å². The highest BCUT2D eigenvalue weighted by atomic mass is 16.4. The average molecular weight is 415 g/mol. The van der Waals surface area contributed by atoms with E-state index in [9.17, 15) is 9.59 Å². The summed E-state index contributed by atoms with van der Waals surface area (Å²) in [5, 5.41) is 17.2. The fourth-order valence-electron chi connectivity index (χ4n) is 3.52. The second-order valence-corrected chi connectivity index (χ2v) is 7.16. The minimum absolute atomic E-state index is 0.222. The summed E-state index contributed by atoms with van der Waals surface area (Å²) in [6.07, 6.45) is 0.990. The van der Waals surface area contributed by atoms with E-state index < -0.39 is 6.09 Å². The van der Waals surface area contributed by atoms with E-state index in [2.05, 4.69) is 20.2 Å².